The van der Waals surface area contributed by atoms with Crippen LogP contribution in [0.25, 0.3) is 28.0 Å². The summed E-state index contributed by atoms with van der Waals surface area (Å²) < 4.78 is 10.4. The summed E-state index contributed by atoms with van der Waals surface area (Å²) in [5.74, 6) is -0.666. The summed E-state index contributed by atoms with van der Waals surface area (Å²) in [6.45, 7) is 2.89. The van der Waals surface area contributed by atoms with Gasteiger partial charge in [-0.25, -0.2) is 19.6 Å². The molecule has 12 nitrogen and oxygen atoms in total. The van der Waals surface area contributed by atoms with Gasteiger partial charge in [-0.3, -0.25) is 18.8 Å². The van der Waals surface area contributed by atoms with Crippen LogP contribution in [0.1, 0.15) is 52.1 Å². The molecule has 0 saturated carbocycles. The number of likely N-dealkylation sites (tertiary alicyclic amines) is 1. The molecule has 2 aromatic carbocycles. The zero-order valence-electron chi connectivity index (χ0n) is 25.5. The Kier molecular flexibility index (Phi) is 7.97. The Labute approximate surface area is 264 Å². The normalized spacial score (nSPS) is 17.5. The van der Waals surface area contributed by atoms with Crippen molar-refractivity contribution in [3.8, 4) is 16.8 Å². The van der Waals surface area contributed by atoms with Gasteiger partial charge in [-0.1, -0.05) is 42.5 Å². The van der Waals surface area contributed by atoms with Gasteiger partial charge in [0.1, 0.15) is 17.2 Å². The molecule has 46 heavy (non-hydrogen) atoms. The van der Waals surface area contributed by atoms with E-state index in [-0.39, 0.29) is 35.1 Å². The lowest BCUT2D eigenvalue weighted by molar-refractivity contribution is 0.0680. The van der Waals surface area contributed by atoms with Crippen molar-refractivity contribution < 1.29 is 19.4 Å². The lowest BCUT2D eigenvalue weighted by Gasteiger charge is -2.22. The van der Waals surface area contributed by atoms with E-state index in [1.54, 1.807) is 32.9 Å². The average Bonchev–Trinajstić information content (AvgIpc) is 3.76. The molecular formula is C34H35N7O5. The minimum Gasteiger partial charge on any atom is -0.477 e. The third kappa shape index (κ3) is 5.61. The van der Waals surface area contributed by atoms with Crippen LogP contribution in [-0.2, 0) is 18.3 Å². The highest BCUT2D eigenvalue weighted by Gasteiger charge is 2.31. The second kappa shape index (κ2) is 12.4. The number of nitrogens with zero attached hydrogens (tertiary/aromatic N) is 6. The Hall–Kier alpha value is -5.07. The minimum absolute atomic E-state index is 0.0184. The van der Waals surface area contributed by atoms with Crippen molar-refractivity contribution >= 4 is 23.0 Å². The number of aromatic carboxylic acids is 1. The van der Waals surface area contributed by atoms with Crippen molar-refractivity contribution in [2.24, 2.45) is 7.05 Å². The van der Waals surface area contributed by atoms with Gasteiger partial charge in [-0.05, 0) is 54.7 Å². The number of hydrogen-bond acceptors (Lipinski definition) is 7. The third-order valence-corrected chi connectivity index (χ3v) is 9.02. The number of amides is 1. The summed E-state index contributed by atoms with van der Waals surface area (Å²) in [6, 6.07) is 21.2. The number of aromatic nitrogens is 5. The molecule has 5 aromatic rings. The predicted molar refractivity (Wildman–Crippen MR) is 171 cm³/mol. The molecule has 7 rings (SSSR count). The maximum absolute atomic E-state index is 14.3. The average molecular weight is 622 g/mol. The van der Waals surface area contributed by atoms with Crippen LogP contribution in [0.2, 0.25) is 0 Å². The molecule has 0 spiro atoms. The number of carbonyl (C=O) groups excluding carboxylic acids is 1. The van der Waals surface area contributed by atoms with Gasteiger partial charge in [0.05, 0.1) is 30.0 Å². The number of fused-ring (bicyclic) bond motifs is 1. The zero-order chi connectivity index (χ0) is 31.8. The van der Waals surface area contributed by atoms with Crippen molar-refractivity contribution in [2.75, 3.05) is 26.3 Å². The van der Waals surface area contributed by atoms with Gasteiger partial charge >= 0.3 is 11.7 Å². The Morgan fingerprint density at radius 2 is 1.72 bits per heavy atom. The first-order valence-corrected chi connectivity index (χ1v) is 15.5. The van der Waals surface area contributed by atoms with Crippen LogP contribution in [0.15, 0.2) is 77.7 Å². The van der Waals surface area contributed by atoms with Crippen LogP contribution in [-0.4, -0.2) is 77.9 Å². The highest BCUT2D eigenvalue weighted by Crippen LogP contribution is 2.28. The number of carboxylic acid groups (broad SMARTS) is 1. The van der Waals surface area contributed by atoms with Crippen molar-refractivity contribution in [3.05, 3.63) is 101 Å². The van der Waals surface area contributed by atoms with E-state index in [0.29, 0.717) is 61.9 Å². The van der Waals surface area contributed by atoms with Crippen molar-refractivity contribution in [2.45, 2.75) is 37.9 Å². The van der Waals surface area contributed by atoms with Gasteiger partial charge in [0.2, 0.25) is 0 Å². The van der Waals surface area contributed by atoms with Crippen LogP contribution in [0.4, 0.5) is 0 Å². The number of rotatable bonds is 8. The molecule has 2 aliphatic heterocycles. The standard InChI is InChI=1S/C34H35N7O5/c1-38-29(33(43)44)19-35-30(38)21-39-16-13-26(20-39)41-31-28(12-11-27(37-31)32(42)36-24-14-17-46-18-15-24)40(34(41)45)25-9-7-23(8-10-25)22-5-3-2-4-6-22/h2-12,19,24,26H,13-18,20-21H2,1H3,(H,36,42)(H,43,44). The fourth-order valence-electron chi connectivity index (χ4n) is 6.49. The summed E-state index contributed by atoms with van der Waals surface area (Å²) in [5, 5.41) is 12.5. The lowest BCUT2D eigenvalue weighted by Crippen LogP contribution is -2.39. The molecule has 12 heteroatoms. The van der Waals surface area contributed by atoms with Crippen LogP contribution < -0.4 is 11.0 Å². The van der Waals surface area contributed by atoms with Crippen LogP contribution >= 0.6 is 0 Å². The molecule has 1 atom stereocenters. The Balaban J connectivity index is 1.24. The highest BCUT2D eigenvalue weighted by atomic mass is 16.5. The fourth-order valence-corrected chi connectivity index (χ4v) is 6.49. The quantitative estimate of drug-likeness (QED) is 0.268. The van der Waals surface area contributed by atoms with E-state index in [9.17, 15) is 19.5 Å². The molecule has 3 aromatic heterocycles. The zero-order valence-corrected chi connectivity index (χ0v) is 25.5. The van der Waals surface area contributed by atoms with Gasteiger partial charge < -0.3 is 19.7 Å². The number of nitrogens with one attached hydrogen (secondary N) is 1. The molecule has 2 N–H and O–H groups in total. The first-order chi connectivity index (χ1) is 22.4. The van der Waals surface area contributed by atoms with Crippen molar-refractivity contribution in [3.63, 3.8) is 0 Å². The Morgan fingerprint density at radius 1 is 0.978 bits per heavy atom. The number of benzene rings is 2. The maximum Gasteiger partial charge on any atom is 0.354 e. The molecule has 0 bridgehead atoms. The summed E-state index contributed by atoms with van der Waals surface area (Å²) in [6.07, 6.45) is 3.54. The molecule has 0 aliphatic carbocycles. The molecule has 236 valence electrons. The summed E-state index contributed by atoms with van der Waals surface area (Å²) >= 11 is 0. The molecule has 2 fully saturated rings. The second-order valence-corrected chi connectivity index (χ2v) is 11.9. The van der Waals surface area contributed by atoms with Crippen LogP contribution in [0.3, 0.4) is 0 Å². The van der Waals surface area contributed by atoms with Gasteiger partial charge in [0.15, 0.2) is 5.65 Å². The van der Waals surface area contributed by atoms with E-state index in [1.807, 2.05) is 54.6 Å². The van der Waals surface area contributed by atoms with E-state index in [1.165, 1.54) is 6.20 Å². The molecule has 2 aliphatic rings. The fraction of sp³-hybridized carbons (Fsp3) is 0.324. The number of hydrogen-bond donors (Lipinski definition) is 2. The van der Waals surface area contributed by atoms with Gasteiger partial charge in [0.25, 0.3) is 5.91 Å². The first kappa shape index (κ1) is 29.6. The van der Waals surface area contributed by atoms with Crippen LogP contribution in [0, 0.1) is 0 Å². The monoisotopic (exact) mass is 621 g/mol. The van der Waals surface area contributed by atoms with Gasteiger partial charge in [-0.15, -0.1) is 0 Å². The molecule has 2 saturated heterocycles. The van der Waals surface area contributed by atoms with Gasteiger partial charge in [0, 0.05) is 39.4 Å². The number of pyridine rings is 1. The van der Waals surface area contributed by atoms with E-state index in [0.717, 1.165) is 24.0 Å². The largest absolute Gasteiger partial charge is 0.477 e. The van der Waals surface area contributed by atoms with Gasteiger partial charge in [-0.2, -0.15) is 0 Å². The molecular weight excluding hydrogens is 586 g/mol. The lowest BCUT2D eigenvalue weighted by atomic mass is 10.1. The second-order valence-electron chi connectivity index (χ2n) is 11.9. The van der Waals surface area contributed by atoms with E-state index in [4.69, 9.17) is 9.72 Å². The SMILES string of the molecule is Cn1c(C(=O)O)cnc1CN1CCC(n2c(=O)n(-c3ccc(-c4ccccc4)cc3)c3ccc(C(=O)NC4CCOCC4)nc32)C1. The smallest absolute Gasteiger partial charge is 0.354 e. The topological polar surface area (TPSA) is 137 Å². The highest BCUT2D eigenvalue weighted by molar-refractivity contribution is 5.94. The number of carbonyl (C=O) groups is 2. The molecule has 1 unspecified atom stereocenters. The number of ether oxygens (including phenoxy) is 1. The van der Waals surface area contributed by atoms with Crippen molar-refractivity contribution in [1.29, 1.82) is 0 Å². The van der Waals surface area contributed by atoms with E-state index < -0.39 is 5.97 Å². The molecule has 0 radical (unpaired) electrons. The summed E-state index contributed by atoms with van der Waals surface area (Å²) in [7, 11) is 1.69. The third-order valence-electron chi connectivity index (χ3n) is 9.02. The number of carboxylic acids is 1. The first-order valence-electron chi connectivity index (χ1n) is 15.5. The number of imidazole rings is 2. The van der Waals surface area contributed by atoms with Crippen LogP contribution in [0.5, 0.6) is 0 Å². The molecule has 5 heterocycles. The summed E-state index contributed by atoms with van der Waals surface area (Å²) in [5.41, 5.74) is 4.06. The van der Waals surface area contributed by atoms with E-state index in [2.05, 4.69) is 15.2 Å². The summed E-state index contributed by atoms with van der Waals surface area (Å²) in [4.78, 5) is 50.4. The minimum atomic E-state index is -1.03. The van der Waals surface area contributed by atoms with E-state index >= 15 is 0 Å². The maximum atomic E-state index is 14.3. The Bertz CT molecular complexity index is 1960. The predicted octanol–water partition coefficient (Wildman–Crippen LogP) is 3.64. The Morgan fingerprint density at radius 3 is 2.43 bits per heavy atom. The van der Waals surface area contributed by atoms with Crippen molar-refractivity contribution in [1.82, 2.24) is 33.9 Å². The molecule has 1 amide bonds.